The smallest absolute Gasteiger partial charge is 0.344 e. The normalized spacial score (nSPS) is 13.0. The number of nitrogens with one attached hydrogen (secondary N) is 1. The average Bonchev–Trinajstić information content (AvgIpc) is 2.53. The molecule has 1 amide bonds. The van der Waals surface area contributed by atoms with Gasteiger partial charge in [-0.25, -0.2) is 9.59 Å². The Kier molecular flexibility index (Phi) is 6.95. The molecule has 6 heteroatoms. The highest BCUT2D eigenvalue weighted by molar-refractivity contribution is 6.07. The number of aryl methyl sites for hydroxylation is 2. The number of carbonyl (C=O) groups is 3. The molecule has 0 bridgehead atoms. The Bertz CT molecular complexity index is 626. The number of carbonyl (C=O) groups excluding carboxylic acids is 2. The number of esters is 1. The topological polar surface area (TPSA) is 92.7 Å². The van der Waals surface area contributed by atoms with Crippen molar-refractivity contribution in [1.29, 1.82) is 0 Å². The molecule has 132 valence electrons. The van der Waals surface area contributed by atoms with Gasteiger partial charge >= 0.3 is 11.9 Å². The van der Waals surface area contributed by atoms with Crippen LogP contribution >= 0.6 is 0 Å². The van der Waals surface area contributed by atoms with Gasteiger partial charge in [0, 0.05) is 13.3 Å². The number of carboxylic acids is 1. The monoisotopic (exact) mass is 335 g/mol. The minimum atomic E-state index is -2.12. The SMILES string of the molecule is CCOC(=O)C(Cc1ccc(CC)c(CC)c1)(NC(C)=O)C(=O)O. The molecule has 0 aliphatic rings. The zero-order valence-corrected chi connectivity index (χ0v) is 14.6. The zero-order valence-electron chi connectivity index (χ0n) is 14.6. The number of hydrogen-bond acceptors (Lipinski definition) is 4. The van der Waals surface area contributed by atoms with Crippen LogP contribution in [0.2, 0.25) is 0 Å². The minimum absolute atomic E-state index is 0.0302. The van der Waals surface area contributed by atoms with E-state index < -0.39 is 23.4 Å². The van der Waals surface area contributed by atoms with Gasteiger partial charge in [-0.15, -0.1) is 0 Å². The summed E-state index contributed by atoms with van der Waals surface area (Å²) in [5, 5.41) is 11.9. The predicted molar refractivity (Wildman–Crippen MR) is 89.7 cm³/mol. The van der Waals surface area contributed by atoms with Gasteiger partial charge in [0.25, 0.3) is 0 Å². The van der Waals surface area contributed by atoms with Gasteiger partial charge in [-0.05, 0) is 36.5 Å². The molecule has 0 aliphatic carbocycles. The van der Waals surface area contributed by atoms with E-state index in [0.29, 0.717) is 5.56 Å². The fraction of sp³-hybridized carbons (Fsp3) is 0.500. The van der Waals surface area contributed by atoms with Gasteiger partial charge in [0.05, 0.1) is 6.61 Å². The van der Waals surface area contributed by atoms with E-state index in [1.54, 1.807) is 13.0 Å². The fourth-order valence-electron chi connectivity index (χ4n) is 2.71. The molecule has 0 fully saturated rings. The summed E-state index contributed by atoms with van der Waals surface area (Å²) in [5.41, 5.74) is 0.813. The van der Waals surface area contributed by atoms with Crippen LogP contribution in [0.1, 0.15) is 44.4 Å². The highest BCUT2D eigenvalue weighted by atomic mass is 16.5. The quantitative estimate of drug-likeness (QED) is 0.559. The Balaban J connectivity index is 3.32. The van der Waals surface area contributed by atoms with E-state index >= 15 is 0 Å². The number of rotatable bonds is 8. The third-order valence-electron chi connectivity index (χ3n) is 3.88. The van der Waals surface area contributed by atoms with Crippen molar-refractivity contribution in [1.82, 2.24) is 5.32 Å². The molecule has 1 unspecified atom stereocenters. The third kappa shape index (κ3) is 4.34. The molecular formula is C18H25NO5. The predicted octanol–water partition coefficient (Wildman–Crippen LogP) is 1.88. The molecule has 1 aromatic carbocycles. The van der Waals surface area contributed by atoms with E-state index in [1.165, 1.54) is 12.5 Å². The molecule has 0 radical (unpaired) electrons. The standard InChI is InChI=1S/C18H25NO5/c1-5-14-9-8-13(10-15(14)6-2)11-18(16(21)22,19-12(4)20)17(23)24-7-3/h8-10H,5-7,11H2,1-4H3,(H,19,20)(H,21,22). The summed E-state index contributed by atoms with van der Waals surface area (Å²) in [6.45, 7) is 6.86. The molecule has 0 saturated carbocycles. The summed E-state index contributed by atoms with van der Waals surface area (Å²) >= 11 is 0. The van der Waals surface area contributed by atoms with Crippen molar-refractivity contribution in [2.75, 3.05) is 6.61 Å². The van der Waals surface area contributed by atoms with E-state index in [2.05, 4.69) is 5.32 Å². The largest absolute Gasteiger partial charge is 0.479 e. The first-order valence-electron chi connectivity index (χ1n) is 8.10. The van der Waals surface area contributed by atoms with Crippen LogP contribution in [0.25, 0.3) is 0 Å². The maximum Gasteiger partial charge on any atom is 0.344 e. The minimum Gasteiger partial charge on any atom is -0.479 e. The van der Waals surface area contributed by atoms with Crippen LogP contribution < -0.4 is 5.32 Å². The van der Waals surface area contributed by atoms with Crippen LogP contribution in [0.5, 0.6) is 0 Å². The van der Waals surface area contributed by atoms with Gasteiger partial charge in [0.1, 0.15) is 0 Å². The summed E-state index contributed by atoms with van der Waals surface area (Å²) in [6.07, 6.45) is 1.51. The van der Waals surface area contributed by atoms with Gasteiger partial charge in [-0.2, -0.15) is 0 Å². The number of aliphatic carboxylic acids is 1. The van der Waals surface area contributed by atoms with Gasteiger partial charge in [-0.3, -0.25) is 4.79 Å². The van der Waals surface area contributed by atoms with Crippen molar-refractivity contribution < 1.29 is 24.2 Å². The number of benzene rings is 1. The molecule has 0 spiro atoms. The van der Waals surface area contributed by atoms with Crippen molar-refractivity contribution in [2.45, 2.75) is 52.5 Å². The second kappa shape index (κ2) is 8.47. The van der Waals surface area contributed by atoms with Crippen molar-refractivity contribution in [3.63, 3.8) is 0 Å². The van der Waals surface area contributed by atoms with Crippen LogP contribution in [0.15, 0.2) is 18.2 Å². The summed E-state index contributed by atoms with van der Waals surface area (Å²) in [5.74, 6) is -3.01. The number of hydrogen-bond donors (Lipinski definition) is 2. The second-order valence-electron chi connectivity index (χ2n) is 5.60. The molecular weight excluding hydrogens is 310 g/mol. The summed E-state index contributed by atoms with van der Waals surface area (Å²) in [6, 6.07) is 5.61. The van der Waals surface area contributed by atoms with Gasteiger partial charge in [0.15, 0.2) is 0 Å². The van der Waals surface area contributed by atoms with Crippen LogP contribution in [-0.4, -0.2) is 35.1 Å². The second-order valence-corrected chi connectivity index (χ2v) is 5.60. The first-order chi connectivity index (χ1) is 11.3. The lowest BCUT2D eigenvalue weighted by Crippen LogP contribution is -2.61. The van der Waals surface area contributed by atoms with Crippen molar-refractivity contribution in [2.24, 2.45) is 0 Å². The lowest BCUT2D eigenvalue weighted by atomic mass is 9.88. The molecule has 1 aromatic rings. The molecule has 1 rings (SSSR count). The molecule has 0 heterocycles. The molecule has 1 atom stereocenters. The Hall–Kier alpha value is -2.37. The van der Waals surface area contributed by atoms with Crippen LogP contribution in [0.3, 0.4) is 0 Å². The van der Waals surface area contributed by atoms with Gasteiger partial charge < -0.3 is 15.2 Å². The maximum absolute atomic E-state index is 12.3. The number of amides is 1. The first-order valence-corrected chi connectivity index (χ1v) is 8.10. The van der Waals surface area contributed by atoms with Crippen LogP contribution in [0, 0.1) is 0 Å². The summed E-state index contributed by atoms with van der Waals surface area (Å²) < 4.78 is 4.91. The third-order valence-corrected chi connectivity index (χ3v) is 3.88. The lowest BCUT2D eigenvalue weighted by molar-refractivity contribution is -0.164. The van der Waals surface area contributed by atoms with E-state index in [-0.39, 0.29) is 13.0 Å². The van der Waals surface area contributed by atoms with Crippen molar-refractivity contribution in [3.05, 3.63) is 34.9 Å². The lowest BCUT2D eigenvalue weighted by Gasteiger charge is -2.28. The van der Waals surface area contributed by atoms with Crippen molar-refractivity contribution >= 4 is 17.8 Å². The Morgan fingerprint density at radius 2 is 1.75 bits per heavy atom. The maximum atomic E-state index is 12.3. The van der Waals surface area contributed by atoms with E-state index in [0.717, 1.165) is 18.4 Å². The Morgan fingerprint density at radius 1 is 1.12 bits per heavy atom. The molecule has 6 nitrogen and oxygen atoms in total. The molecule has 0 aliphatic heterocycles. The molecule has 24 heavy (non-hydrogen) atoms. The van der Waals surface area contributed by atoms with Gasteiger partial charge in [-0.1, -0.05) is 32.0 Å². The summed E-state index contributed by atoms with van der Waals surface area (Å²) in [7, 11) is 0. The van der Waals surface area contributed by atoms with E-state index in [9.17, 15) is 19.5 Å². The molecule has 2 N–H and O–H groups in total. The number of ether oxygens (including phenoxy) is 1. The van der Waals surface area contributed by atoms with Crippen LogP contribution in [-0.2, 0) is 38.4 Å². The molecule has 0 aromatic heterocycles. The number of carboxylic acid groups (broad SMARTS) is 1. The fourth-order valence-corrected chi connectivity index (χ4v) is 2.71. The van der Waals surface area contributed by atoms with E-state index in [4.69, 9.17) is 4.74 Å². The van der Waals surface area contributed by atoms with Crippen molar-refractivity contribution in [3.8, 4) is 0 Å². The average molecular weight is 335 g/mol. The highest BCUT2D eigenvalue weighted by Gasteiger charge is 2.49. The van der Waals surface area contributed by atoms with Crippen LogP contribution in [0.4, 0.5) is 0 Å². The molecule has 0 saturated heterocycles. The summed E-state index contributed by atoms with van der Waals surface area (Å²) in [4.78, 5) is 35.6. The van der Waals surface area contributed by atoms with E-state index in [1.807, 2.05) is 26.0 Å². The van der Waals surface area contributed by atoms with Gasteiger partial charge in [0.2, 0.25) is 11.4 Å². The Labute approximate surface area is 142 Å². The zero-order chi connectivity index (χ0) is 18.3. The highest BCUT2D eigenvalue weighted by Crippen LogP contribution is 2.21. The first kappa shape index (κ1) is 19.7. The Morgan fingerprint density at radius 3 is 2.21 bits per heavy atom.